The third-order valence-electron chi connectivity index (χ3n) is 5.36. The predicted octanol–water partition coefficient (Wildman–Crippen LogP) is 5.37. The number of hydrogen-bond acceptors (Lipinski definition) is 5. The summed E-state index contributed by atoms with van der Waals surface area (Å²) in [5, 5.41) is 11.7. The number of benzene rings is 3. The number of ether oxygens (including phenoxy) is 2. The van der Waals surface area contributed by atoms with Gasteiger partial charge in [-0.15, -0.1) is 0 Å². The molecule has 3 aromatic carbocycles. The van der Waals surface area contributed by atoms with Crippen molar-refractivity contribution in [2.24, 2.45) is 0 Å². The van der Waals surface area contributed by atoms with E-state index in [1.807, 2.05) is 66.7 Å². The van der Waals surface area contributed by atoms with E-state index in [0.29, 0.717) is 31.1 Å². The summed E-state index contributed by atoms with van der Waals surface area (Å²) in [7, 11) is 0. The summed E-state index contributed by atoms with van der Waals surface area (Å²) < 4.78 is 11.8. The van der Waals surface area contributed by atoms with Crippen LogP contribution in [0, 0.1) is 0 Å². The average molecular weight is 483 g/mol. The summed E-state index contributed by atoms with van der Waals surface area (Å²) in [6.07, 6.45) is 1.93. The predicted molar refractivity (Wildman–Crippen MR) is 136 cm³/mol. The third kappa shape index (κ3) is 7.25. The lowest BCUT2D eigenvalue weighted by Gasteiger charge is -2.12. The van der Waals surface area contributed by atoms with Gasteiger partial charge in [0, 0.05) is 18.2 Å². The Morgan fingerprint density at radius 1 is 0.778 bits per heavy atom. The minimum absolute atomic E-state index is 0.0414. The Labute approximate surface area is 209 Å². The van der Waals surface area contributed by atoms with E-state index in [1.165, 1.54) is 18.3 Å². The van der Waals surface area contributed by atoms with Gasteiger partial charge in [-0.3, -0.25) is 4.79 Å². The summed E-state index contributed by atoms with van der Waals surface area (Å²) in [6.45, 7) is 1.20. The molecule has 1 aromatic heterocycles. The molecule has 0 aliphatic heterocycles. The molecule has 7 heteroatoms. The minimum atomic E-state index is -1.08. The first-order valence-electron chi connectivity index (χ1n) is 11.5. The standard InChI is InChI=1S/C29H26N2O5/c32-28(31-27-12-11-24(18-30-27)29(33)34)25-15-23(20-35-19-22-9-5-2-6-10-22)16-26(17-25)36-14-13-21-7-3-1-4-8-21/h1-12,15-18H,13-14,19-20H2,(H,33,34)(H,30,31,32). The quantitative estimate of drug-likeness (QED) is 0.298. The SMILES string of the molecule is O=C(O)c1ccc(NC(=O)c2cc(COCc3ccccc3)cc(OCCc3ccccc3)c2)nc1. The van der Waals surface area contributed by atoms with Crippen molar-refractivity contribution in [3.63, 3.8) is 0 Å². The second-order valence-corrected chi connectivity index (χ2v) is 8.12. The Hall–Kier alpha value is -4.49. The van der Waals surface area contributed by atoms with Crippen LogP contribution in [0.4, 0.5) is 5.82 Å². The highest BCUT2D eigenvalue weighted by molar-refractivity contribution is 6.04. The summed E-state index contributed by atoms with van der Waals surface area (Å²) >= 11 is 0. The van der Waals surface area contributed by atoms with Gasteiger partial charge >= 0.3 is 5.97 Å². The number of nitrogens with one attached hydrogen (secondary N) is 1. The van der Waals surface area contributed by atoms with Crippen molar-refractivity contribution >= 4 is 17.7 Å². The van der Waals surface area contributed by atoms with Gasteiger partial charge in [0.25, 0.3) is 5.91 Å². The van der Waals surface area contributed by atoms with Crippen LogP contribution in [0.1, 0.15) is 37.4 Å². The minimum Gasteiger partial charge on any atom is -0.493 e. The van der Waals surface area contributed by atoms with Gasteiger partial charge in [0.1, 0.15) is 11.6 Å². The molecular weight excluding hydrogens is 456 g/mol. The Bertz CT molecular complexity index is 1230. The zero-order chi connectivity index (χ0) is 25.2. The highest BCUT2D eigenvalue weighted by atomic mass is 16.5. The molecule has 0 saturated carbocycles. The molecule has 0 fully saturated rings. The molecule has 0 saturated heterocycles. The monoisotopic (exact) mass is 482 g/mol. The highest BCUT2D eigenvalue weighted by Crippen LogP contribution is 2.20. The van der Waals surface area contributed by atoms with E-state index in [4.69, 9.17) is 14.6 Å². The molecule has 7 nitrogen and oxygen atoms in total. The van der Waals surface area contributed by atoms with Crippen molar-refractivity contribution in [2.45, 2.75) is 19.6 Å². The highest BCUT2D eigenvalue weighted by Gasteiger charge is 2.12. The Morgan fingerprint density at radius 3 is 2.14 bits per heavy atom. The van der Waals surface area contributed by atoms with Crippen LogP contribution < -0.4 is 10.1 Å². The molecule has 2 N–H and O–H groups in total. The van der Waals surface area contributed by atoms with Crippen molar-refractivity contribution in [3.05, 3.63) is 125 Å². The summed E-state index contributed by atoms with van der Waals surface area (Å²) in [5.74, 6) is -0.655. The Balaban J connectivity index is 1.46. The number of nitrogens with zero attached hydrogens (tertiary/aromatic N) is 1. The molecular formula is C29H26N2O5. The van der Waals surface area contributed by atoms with E-state index in [2.05, 4.69) is 10.3 Å². The van der Waals surface area contributed by atoms with E-state index in [9.17, 15) is 9.59 Å². The molecule has 36 heavy (non-hydrogen) atoms. The van der Waals surface area contributed by atoms with Crippen LogP contribution >= 0.6 is 0 Å². The van der Waals surface area contributed by atoms with Crippen molar-refractivity contribution in [1.82, 2.24) is 4.98 Å². The number of anilines is 1. The van der Waals surface area contributed by atoms with Crippen molar-refractivity contribution < 1.29 is 24.2 Å². The average Bonchev–Trinajstić information content (AvgIpc) is 2.90. The lowest BCUT2D eigenvalue weighted by molar-refractivity contribution is 0.0696. The first-order valence-corrected chi connectivity index (χ1v) is 11.5. The van der Waals surface area contributed by atoms with Gasteiger partial charge in [0.2, 0.25) is 0 Å². The van der Waals surface area contributed by atoms with E-state index in [0.717, 1.165) is 23.1 Å². The van der Waals surface area contributed by atoms with Gasteiger partial charge in [0.05, 0.1) is 25.4 Å². The van der Waals surface area contributed by atoms with Crippen molar-refractivity contribution in [3.8, 4) is 5.75 Å². The normalized spacial score (nSPS) is 10.6. The first-order chi connectivity index (χ1) is 17.6. The summed E-state index contributed by atoms with van der Waals surface area (Å²) in [5.41, 5.74) is 3.44. The lowest BCUT2D eigenvalue weighted by Crippen LogP contribution is -2.14. The molecule has 0 atom stereocenters. The van der Waals surface area contributed by atoms with Gasteiger partial charge < -0.3 is 19.9 Å². The smallest absolute Gasteiger partial charge is 0.337 e. The number of carbonyl (C=O) groups is 2. The molecule has 0 bridgehead atoms. The largest absolute Gasteiger partial charge is 0.493 e. The second kappa shape index (κ2) is 12.3. The van der Waals surface area contributed by atoms with E-state index < -0.39 is 5.97 Å². The molecule has 0 radical (unpaired) electrons. The van der Waals surface area contributed by atoms with Gasteiger partial charge in [-0.25, -0.2) is 9.78 Å². The zero-order valence-electron chi connectivity index (χ0n) is 19.6. The topological polar surface area (TPSA) is 97.8 Å². The molecule has 1 heterocycles. The molecule has 0 aliphatic carbocycles. The van der Waals surface area contributed by atoms with Crippen LogP contribution in [0.25, 0.3) is 0 Å². The van der Waals surface area contributed by atoms with Crippen molar-refractivity contribution in [2.75, 3.05) is 11.9 Å². The van der Waals surface area contributed by atoms with Crippen LogP contribution in [0.2, 0.25) is 0 Å². The number of rotatable bonds is 11. The number of carboxylic acid groups (broad SMARTS) is 1. The zero-order valence-corrected chi connectivity index (χ0v) is 19.6. The van der Waals surface area contributed by atoms with Crippen LogP contribution in [-0.2, 0) is 24.4 Å². The van der Waals surface area contributed by atoms with Gasteiger partial charge in [0.15, 0.2) is 0 Å². The molecule has 0 aliphatic rings. The van der Waals surface area contributed by atoms with Gasteiger partial charge in [-0.05, 0) is 47.0 Å². The molecule has 182 valence electrons. The van der Waals surface area contributed by atoms with E-state index in [-0.39, 0.29) is 17.3 Å². The number of aromatic nitrogens is 1. The van der Waals surface area contributed by atoms with Crippen LogP contribution in [0.15, 0.2) is 97.2 Å². The Morgan fingerprint density at radius 2 is 1.47 bits per heavy atom. The van der Waals surface area contributed by atoms with E-state index in [1.54, 1.807) is 12.1 Å². The number of pyridine rings is 1. The maximum Gasteiger partial charge on any atom is 0.337 e. The number of carbonyl (C=O) groups excluding carboxylic acids is 1. The third-order valence-corrected chi connectivity index (χ3v) is 5.36. The molecule has 0 spiro atoms. The van der Waals surface area contributed by atoms with Crippen LogP contribution in [0.3, 0.4) is 0 Å². The van der Waals surface area contributed by atoms with Crippen LogP contribution in [-0.4, -0.2) is 28.6 Å². The summed E-state index contributed by atoms with van der Waals surface area (Å²) in [4.78, 5) is 28.0. The van der Waals surface area contributed by atoms with Gasteiger partial charge in [-0.2, -0.15) is 0 Å². The van der Waals surface area contributed by atoms with Crippen LogP contribution in [0.5, 0.6) is 5.75 Å². The fourth-order valence-corrected chi connectivity index (χ4v) is 3.53. The maximum atomic E-state index is 13.0. The van der Waals surface area contributed by atoms with Crippen molar-refractivity contribution in [1.29, 1.82) is 0 Å². The molecule has 0 unspecified atom stereocenters. The fraction of sp³-hybridized carbons (Fsp3) is 0.138. The number of hydrogen-bond donors (Lipinski definition) is 2. The van der Waals surface area contributed by atoms with E-state index >= 15 is 0 Å². The number of aromatic carboxylic acids is 1. The van der Waals surface area contributed by atoms with Gasteiger partial charge in [-0.1, -0.05) is 60.7 Å². The summed E-state index contributed by atoms with van der Waals surface area (Å²) in [6, 6.07) is 28.0. The number of amides is 1. The first kappa shape index (κ1) is 24.6. The second-order valence-electron chi connectivity index (χ2n) is 8.12. The maximum absolute atomic E-state index is 13.0. The fourth-order valence-electron chi connectivity index (χ4n) is 3.53. The lowest BCUT2D eigenvalue weighted by atomic mass is 10.1. The molecule has 1 amide bonds. The number of carboxylic acids is 1. The molecule has 4 aromatic rings. The molecule has 4 rings (SSSR count). The Kier molecular flexibility index (Phi) is 8.40.